The van der Waals surface area contributed by atoms with Crippen molar-refractivity contribution in [3.63, 3.8) is 0 Å². The summed E-state index contributed by atoms with van der Waals surface area (Å²) in [4.78, 5) is 31.7. The molecule has 0 bridgehead atoms. The zero-order valence-electron chi connectivity index (χ0n) is 16.8. The number of fused-ring (bicyclic) bond motifs is 1. The maximum absolute atomic E-state index is 12.6. The van der Waals surface area contributed by atoms with Gasteiger partial charge in [-0.1, -0.05) is 23.7 Å². The van der Waals surface area contributed by atoms with E-state index in [-0.39, 0.29) is 11.5 Å². The highest BCUT2D eigenvalue weighted by Crippen LogP contribution is 2.31. The molecule has 4 rings (SSSR count). The lowest BCUT2D eigenvalue weighted by Crippen LogP contribution is -2.30. The van der Waals surface area contributed by atoms with E-state index in [2.05, 4.69) is 15.2 Å². The van der Waals surface area contributed by atoms with Crippen LogP contribution < -0.4 is 15.8 Å². The van der Waals surface area contributed by atoms with Crippen molar-refractivity contribution in [1.82, 2.24) is 9.55 Å². The number of nitrogens with zero attached hydrogens (tertiary/aromatic N) is 3. The molecule has 1 aromatic heterocycles. The highest BCUT2D eigenvalue weighted by Gasteiger charge is 2.16. The van der Waals surface area contributed by atoms with Crippen molar-refractivity contribution in [1.29, 1.82) is 0 Å². The van der Waals surface area contributed by atoms with Crippen molar-refractivity contribution in [2.75, 3.05) is 23.3 Å². The number of rotatable bonds is 6. The average molecular weight is 425 g/mol. The minimum absolute atomic E-state index is 0.0803. The average Bonchev–Trinajstić information content (AvgIpc) is 2.76. The minimum Gasteiger partial charge on any atom is -0.370 e. The van der Waals surface area contributed by atoms with Gasteiger partial charge in [-0.15, -0.1) is 0 Å². The topological polar surface area (TPSA) is 67.2 Å². The van der Waals surface area contributed by atoms with Crippen molar-refractivity contribution in [3.05, 3.63) is 64.2 Å². The first-order valence-electron chi connectivity index (χ1n) is 10.4. The predicted octanol–water partition coefficient (Wildman–Crippen LogP) is 4.46. The number of anilines is 2. The van der Waals surface area contributed by atoms with Gasteiger partial charge in [-0.3, -0.25) is 14.2 Å². The number of aromatic nitrogens is 2. The van der Waals surface area contributed by atoms with Crippen LogP contribution in [-0.4, -0.2) is 28.5 Å². The number of para-hydroxylation sites is 1. The van der Waals surface area contributed by atoms with E-state index < -0.39 is 0 Å². The summed E-state index contributed by atoms with van der Waals surface area (Å²) < 4.78 is 1.56. The Hall–Kier alpha value is -2.86. The summed E-state index contributed by atoms with van der Waals surface area (Å²) >= 11 is 6.17. The van der Waals surface area contributed by atoms with Gasteiger partial charge in [-0.05, 0) is 56.0 Å². The summed E-state index contributed by atoms with van der Waals surface area (Å²) in [6.45, 7) is 2.42. The van der Waals surface area contributed by atoms with E-state index in [1.807, 2.05) is 30.3 Å². The number of amides is 1. The first kappa shape index (κ1) is 20.4. The number of carbonyl (C=O) groups excluding carboxylic acids is 1. The van der Waals surface area contributed by atoms with Gasteiger partial charge in [-0.25, -0.2) is 4.98 Å². The molecular formula is C23H25ClN4O2. The van der Waals surface area contributed by atoms with E-state index >= 15 is 0 Å². The van der Waals surface area contributed by atoms with Crippen LogP contribution in [-0.2, 0) is 11.3 Å². The number of nitrogens with one attached hydrogen (secondary N) is 1. The molecule has 0 saturated carbocycles. The van der Waals surface area contributed by atoms with Crippen molar-refractivity contribution in [3.8, 4) is 0 Å². The van der Waals surface area contributed by atoms with Crippen LogP contribution in [0.2, 0.25) is 5.02 Å². The maximum Gasteiger partial charge on any atom is 0.261 e. The highest BCUT2D eigenvalue weighted by molar-refractivity contribution is 6.31. The Morgan fingerprint density at radius 2 is 1.90 bits per heavy atom. The quantitative estimate of drug-likeness (QED) is 0.634. The maximum atomic E-state index is 12.6. The molecule has 1 aliphatic rings. The molecule has 1 N–H and O–H groups in total. The molecule has 6 nitrogen and oxygen atoms in total. The van der Waals surface area contributed by atoms with Crippen molar-refractivity contribution in [2.24, 2.45) is 0 Å². The number of benzene rings is 2. The molecular weight excluding hydrogens is 400 g/mol. The third kappa shape index (κ3) is 4.65. The summed E-state index contributed by atoms with van der Waals surface area (Å²) in [5.74, 6) is -0.0858. The largest absolute Gasteiger partial charge is 0.370 e. The van der Waals surface area contributed by atoms with E-state index in [4.69, 9.17) is 11.6 Å². The van der Waals surface area contributed by atoms with Crippen LogP contribution in [0, 0.1) is 0 Å². The van der Waals surface area contributed by atoms with Crippen LogP contribution in [0.15, 0.2) is 53.6 Å². The Bertz CT molecular complexity index is 1110. The van der Waals surface area contributed by atoms with Gasteiger partial charge < -0.3 is 10.2 Å². The number of halogens is 1. The number of hydrogen-bond donors (Lipinski definition) is 1. The lowest BCUT2D eigenvalue weighted by atomic mass is 10.1. The fraction of sp³-hybridized carbons (Fsp3) is 0.348. The Labute approximate surface area is 180 Å². The van der Waals surface area contributed by atoms with E-state index in [1.54, 1.807) is 23.0 Å². The minimum atomic E-state index is -0.0858. The molecule has 7 heteroatoms. The smallest absolute Gasteiger partial charge is 0.261 e. The lowest BCUT2D eigenvalue weighted by molar-refractivity contribution is -0.116. The van der Waals surface area contributed by atoms with Crippen LogP contribution >= 0.6 is 11.6 Å². The zero-order valence-corrected chi connectivity index (χ0v) is 17.6. The normalized spacial score (nSPS) is 14.1. The molecule has 0 unspecified atom stereocenters. The molecule has 0 atom stereocenters. The molecule has 0 aliphatic carbocycles. The Morgan fingerprint density at radius 1 is 1.10 bits per heavy atom. The second-order valence-corrected chi connectivity index (χ2v) is 8.06. The molecule has 2 aromatic carbocycles. The second kappa shape index (κ2) is 9.30. The van der Waals surface area contributed by atoms with Crippen molar-refractivity contribution < 1.29 is 4.79 Å². The molecule has 1 saturated heterocycles. The molecule has 1 amide bonds. The SMILES string of the molecule is O=C(CCCn1cnc2ccccc2c1=O)Nc1cc(Cl)ccc1N1CCCCC1. The Balaban J connectivity index is 1.39. The third-order valence-electron chi connectivity index (χ3n) is 5.46. The third-order valence-corrected chi connectivity index (χ3v) is 5.70. The fourth-order valence-corrected chi connectivity index (χ4v) is 4.08. The predicted molar refractivity (Wildman–Crippen MR) is 121 cm³/mol. The van der Waals surface area contributed by atoms with E-state index in [0.717, 1.165) is 37.3 Å². The van der Waals surface area contributed by atoms with Gasteiger partial charge in [0.05, 0.1) is 28.6 Å². The van der Waals surface area contributed by atoms with Gasteiger partial charge in [-0.2, -0.15) is 0 Å². The van der Waals surface area contributed by atoms with E-state index in [0.29, 0.717) is 35.3 Å². The molecule has 1 aliphatic heterocycles. The molecule has 2 heterocycles. The Morgan fingerprint density at radius 3 is 2.73 bits per heavy atom. The van der Waals surface area contributed by atoms with Crippen LogP contribution in [0.5, 0.6) is 0 Å². The fourth-order valence-electron chi connectivity index (χ4n) is 3.91. The van der Waals surface area contributed by atoms with E-state index in [9.17, 15) is 9.59 Å². The van der Waals surface area contributed by atoms with Gasteiger partial charge in [0, 0.05) is 31.1 Å². The van der Waals surface area contributed by atoms with Crippen LogP contribution in [0.25, 0.3) is 10.9 Å². The summed E-state index contributed by atoms with van der Waals surface area (Å²) in [5, 5.41) is 4.20. The van der Waals surface area contributed by atoms with Crippen LogP contribution in [0.1, 0.15) is 32.1 Å². The first-order valence-corrected chi connectivity index (χ1v) is 10.8. The summed E-state index contributed by atoms with van der Waals surface area (Å²) in [6, 6.07) is 12.9. The van der Waals surface area contributed by atoms with Crippen molar-refractivity contribution in [2.45, 2.75) is 38.6 Å². The number of hydrogen-bond acceptors (Lipinski definition) is 4. The van der Waals surface area contributed by atoms with Crippen LogP contribution in [0.4, 0.5) is 11.4 Å². The molecule has 156 valence electrons. The monoisotopic (exact) mass is 424 g/mol. The van der Waals surface area contributed by atoms with Crippen LogP contribution in [0.3, 0.4) is 0 Å². The van der Waals surface area contributed by atoms with Gasteiger partial charge in [0.25, 0.3) is 5.56 Å². The van der Waals surface area contributed by atoms with Gasteiger partial charge >= 0.3 is 0 Å². The summed E-state index contributed by atoms with van der Waals surface area (Å²) in [7, 11) is 0. The van der Waals surface area contributed by atoms with E-state index in [1.165, 1.54) is 6.42 Å². The molecule has 30 heavy (non-hydrogen) atoms. The molecule has 1 fully saturated rings. The molecule has 0 spiro atoms. The first-order chi connectivity index (χ1) is 14.6. The Kier molecular flexibility index (Phi) is 6.33. The summed E-state index contributed by atoms with van der Waals surface area (Å²) in [6.07, 6.45) is 5.97. The molecule has 3 aromatic rings. The van der Waals surface area contributed by atoms with Gasteiger partial charge in [0.2, 0.25) is 5.91 Å². The van der Waals surface area contributed by atoms with Gasteiger partial charge in [0.1, 0.15) is 0 Å². The zero-order chi connectivity index (χ0) is 20.9. The highest BCUT2D eigenvalue weighted by atomic mass is 35.5. The number of piperidine rings is 1. The number of aryl methyl sites for hydroxylation is 1. The second-order valence-electron chi connectivity index (χ2n) is 7.62. The lowest BCUT2D eigenvalue weighted by Gasteiger charge is -2.30. The van der Waals surface area contributed by atoms with Crippen molar-refractivity contribution >= 4 is 39.8 Å². The summed E-state index contributed by atoms with van der Waals surface area (Å²) in [5.41, 5.74) is 2.37. The molecule has 0 radical (unpaired) electrons. The van der Waals surface area contributed by atoms with Gasteiger partial charge in [0.15, 0.2) is 0 Å². The number of carbonyl (C=O) groups is 1. The standard InChI is InChI=1S/C23H25ClN4O2/c24-17-10-11-21(27-12-4-1-5-13-27)20(15-17)26-22(29)9-6-14-28-16-25-19-8-3-2-7-18(19)23(28)30/h2-3,7-8,10-11,15-16H,1,4-6,9,12-14H2,(H,26,29).